The highest BCUT2D eigenvalue weighted by Gasteiger charge is 2.28. The molecule has 3 rings (SSSR count). The van der Waals surface area contributed by atoms with Gasteiger partial charge < -0.3 is 9.84 Å². The van der Waals surface area contributed by atoms with Crippen LogP contribution in [0.1, 0.15) is 30.2 Å². The van der Waals surface area contributed by atoms with E-state index in [0.717, 1.165) is 39.1 Å². The number of benzene rings is 1. The molecule has 1 aromatic carbocycles. The van der Waals surface area contributed by atoms with Crippen LogP contribution in [-0.2, 0) is 11.3 Å². The maximum Gasteiger partial charge on any atom is 0.242 e. The van der Waals surface area contributed by atoms with Crippen molar-refractivity contribution in [1.82, 2.24) is 15.0 Å². The molecule has 1 N–H and O–H groups in total. The van der Waals surface area contributed by atoms with Crippen LogP contribution in [0.4, 0.5) is 5.82 Å². The Morgan fingerprint density at radius 3 is 2.58 bits per heavy atom. The number of carbonyl (C=O) groups is 1. The summed E-state index contributed by atoms with van der Waals surface area (Å²) < 4.78 is 5.02. The number of hydrogen-bond acceptors (Lipinski definition) is 5. The van der Waals surface area contributed by atoms with E-state index in [-0.39, 0.29) is 11.9 Å². The lowest BCUT2D eigenvalue weighted by Gasteiger charge is -2.38. The lowest BCUT2D eigenvalue weighted by molar-refractivity contribution is -0.122. The average Bonchev–Trinajstić information content (AvgIpc) is 3.04. The van der Waals surface area contributed by atoms with Gasteiger partial charge in [0.15, 0.2) is 5.82 Å². The van der Waals surface area contributed by atoms with Crippen molar-refractivity contribution in [3.8, 4) is 0 Å². The van der Waals surface area contributed by atoms with Crippen LogP contribution >= 0.6 is 0 Å². The summed E-state index contributed by atoms with van der Waals surface area (Å²) in [6, 6.07) is 10.1. The maximum atomic E-state index is 12.6. The fourth-order valence-electron chi connectivity index (χ4n) is 3.51. The number of rotatable bonds is 6. The second kappa shape index (κ2) is 8.47. The number of hydrogen-bond donors (Lipinski definition) is 1. The van der Waals surface area contributed by atoms with Crippen molar-refractivity contribution in [1.29, 1.82) is 0 Å². The Morgan fingerprint density at radius 2 is 1.96 bits per heavy atom. The van der Waals surface area contributed by atoms with Crippen LogP contribution in [0.2, 0.25) is 0 Å². The Kier molecular flexibility index (Phi) is 6.06. The molecule has 2 aromatic rings. The number of aromatic nitrogens is 1. The van der Waals surface area contributed by atoms with Crippen molar-refractivity contribution in [2.75, 3.05) is 31.5 Å². The molecular formula is C20H28N4O2. The first-order valence-corrected chi connectivity index (χ1v) is 9.32. The summed E-state index contributed by atoms with van der Waals surface area (Å²) in [5.74, 6) is 1.18. The lowest BCUT2D eigenvalue weighted by Crippen LogP contribution is -2.53. The number of aryl methyl sites for hydroxylation is 2. The maximum absolute atomic E-state index is 12.6. The molecule has 1 aliphatic heterocycles. The van der Waals surface area contributed by atoms with Gasteiger partial charge in [-0.3, -0.25) is 14.6 Å². The van der Waals surface area contributed by atoms with Gasteiger partial charge in [-0.15, -0.1) is 0 Å². The highest BCUT2D eigenvalue weighted by Crippen LogP contribution is 2.16. The summed E-state index contributed by atoms with van der Waals surface area (Å²) >= 11 is 0. The lowest BCUT2D eigenvalue weighted by atomic mass is 10.1. The first kappa shape index (κ1) is 18.6. The molecular weight excluding hydrogens is 328 g/mol. The van der Waals surface area contributed by atoms with Crippen LogP contribution < -0.4 is 5.32 Å². The van der Waals surface area contributed by atoms with Crippen LogP contribution in [0.25, 0.3) is 0 Å². The van der Waals surface area contributed by atoms with Crippen LogP contribution in [-0.4, -0.2) is 53.1 Å². The zero-order valence-corrected chi connectivity index (χ0v) is 15.9. The number of piperazine rings is 1. The zero-order chi connectivity index (χ0) is 18.5. The number of nitrogens with zero attached hydrogens (tertiary/aromatic N) is 3. The Labute approximate surface area is 155 Å². The molecule has 26 heavy (non-hydrogen) atoms. The molecule has 6 nitrogen and oxygen atoms in total. The third-order valence-electron chi connectivity index (χ3n) is 5.07. The van der Waals surface area contributed by atoms with Gasteiger partial charge >= 0.3 is 0 Å². The highest BCUT2D eigenvalue weighted by atomic mass is 16.5. The molecule has 1 amide bonds. The summed E-state index contributed by atoms with van der Waals surface area (Å²) in [6.45, 7) is 10.7. The Morgan fingerprint density at radius 1 is 1.23 bits per heavy atom. The third kappa shape index (κ3) is 4.51. The predicted octanol–water partition coefficient (Wildman–Crippen LogP) is 2.83. The molecule has 0 saturated carbocycles. The summed E-state index contributed by atoms with van der Waals surface area (Å²) in [6.07, 6.45) is 0.778. The molecule has 1 fully saturated rings. The average molecular weight is 356 g/mol. The van der Waals surface area contributed by atoms with E-state index in [2.05, 4.69) is 58.4 Å². The number of anilines is 1. The quantitative estimate of drug-likeness (QED) is 0.862. The van der Waals surface area contributed by atoms with E-state index >= 15 is 0 Å². The van der Waals surface area contributed by atoms with E-state index < -0.39 is 0 Å². The molecule has 6 heteroatoms. The molecule has 1 aromatic heterocycles. The second-order valence-corrected chi connectivity index (χ2v) is 6.97. The van der Waals surface area contributed by atoms with Gasteiger partial charge in [0.05, 0.1) is 6.04 Å². The molecule has 0 spiro atoms. The molecule has 1 unspecified atom stereocenters. The monoisotopic (exact) mass is 356 g/mol. The van der Waals surface area contributed by atoms with Crippen molar-refractivity contribution in [3.63, 3.8) is 0 Å². The fourth-order valence-corrected chi connectivity index (χ4v) is 3.51. The fraction of sp³-hybridized carbons (Fsp3) is 0.500. The molecule has 0 radical (unpaired) electrons. The van der Waals surface area contributed by atoms with Gasteiger partial charge in [-0.25, -0.2) is 0 Å². The van der Waals surface area contributed by atoms with E-state index in [4.69, 9.17) is 4.52 Å². The van der Waals surface area contributed by atoms with E-state index in [1.807, 2.05) is 6.92 Å². The Balaban J connectivity index is 1.53. The first-order chi connectivity index (χ1) is 12.6. The molecule has 140 valence electrons. The number of amides is 1. The van der Waals surface area contributed by atoms with Gasteiger partial charge in [0.2, 0.25) is 5.91 Å². The van der Waals surface area contributed by atoms with E-state index in [1.165, 1.54) is 11.1 Å². The normalized spacial score (nSPS) is 17.2. The third-order valence-corrected chi connectivity index (χ3v) is 5.07. The van der Waals surface area contributed by atoms with Gasteiger partial charge in [-0.2, -0.15) is 0 Å². The van der Waals surface area contributed by atoms with Crippen molar-refractivity contribution in [2.24, 2.45) is 0 Å². The standard InChI is InChI=1S/C20H28N4O2/c1-4-18(20(25)21-19-13-16(3)26-22-19)24-11-9-23(10-12-24)14-17-8-6-5-7-15(17)2/h5-8,13,18H,4,9-12,14H2,1-3H3,(H,21,22,25). The molecule has 1 saturated heterocycles. The SMILES string of the molecule is CCC(C(=O)Nc1cc(C)on1)N1CCN(Cc2ccccc2C)CC1. The Hall–Kier alpha value is -2.18. The van der Waals surface area contributed by atoms with Crippen molar-refractivity contribution in [3.05, 3.63) is 47.2 Å². The van der Waals surface area contributed by atoms with Gasteiger partial charge in [-0.05, 0) is 31.4 Å². The van der Waals surface area contributed by atoms with Gasteiger partial charge in [-0.1, -0.05) is 36.3 Å². The van der Waals surface area contributed by atoms with Crippen LogP contribution in [0.15, 0.2) is 34.9 Å². The van der Waals surface area contributed by atoms with Crippen LogP contribution in [0.3, 0.4) is 0 Å². The van der Waals surface area contributed by atoms with E-state index in [1.54, 1.807) is 6.07 Å². The topological polar surface area (TPSA) is 61.6 Å². The van der Waals surface area contributed by atoms with Gasteiger partial charge in [0, 0.05) is 38.8 Å². The molecule has 1 aliphatic rings. The molecule has 0 bridgehead atoms. The van der Waals surface area contributed by atoms with Crippen LogP contribution in [0, 0.1) is 13.8 Å². The van der Waals surface area contributed by atoms with Gasteiger partial charge in [0.25, 0.3) is 0 Å². The first-order valence-electron chi connectivity index (χ1n) is 9.32. The van der Waals surface area contributed by atoms with Gasteiger partial charge in [0.1, 0.15) is 5.76 Å². The minimum absolute atomic E-state index is 0.00634. The predicted molar refractivity (Wildman–Crippen MR) is 102 cm³/mol. The summed E-state index contributed by atoms with van der Waals surface area (Å²) in [5.41, 5.74) is 2.72. The second-order valence-electron chi connectivity index (χ2n) is 6.97. The van der Waals surface area contributed by atoms with Crippen molar-refractivity contribution < 1.29 is 9.32 Å². The van der Waals surface area contributed by atoms with Crippen LogP contribution in [0.5, 0.6) is 0 Å². The Bertz CT molecular complexity index is 735. The zero-order valence-electron chi connectivity index (χ0n) is 15.9. The molecule has 1 atom stereocenters. The largest absolute Gasteiger partial charge is 0.360 e. The number of nitrogens with one attached hydrogen (secondary N) is 1. The summed E-state index contributed by atoms with van der Waals surface area (Å²) in [5, 5.41) is 6.72. The molecule has 2 heterocycles. The minimum atomic E-state index is -0.132. The van der Waals surface area contributed by atoms with Crippen molar-refractivity contribution >= 4 is 11.7 Å². The number of carbonyl (C=O) groups excluding carboxylic acids is 1. The van der Waals surface area contributed by atoms with Crippen molar-refractivity contribution in [2.45, 2.75) is 39.8 Å². The smallest absolute Gasteiger partial charge is 0.242 e. The van der Waals surface area contributed by atoms with E-state index in [9.17, 15) is 4.79 Å². The summed E-state index contributed by atoms with van der Waals surface area (Å²) in [4.78, 5) is 17.4. The van der Waals surface area contributed by atoms with E-state index in [0.29, 0.717) is 11.6 Å². The minimum Gasteiger partial charge on any atom is -0.360 e. The summed E-state index contributed by atoms with van der Waals surface area (Å²) in [7, 11) is 0. The molecule has 0 aliphatic carbocycles. The highest BCUT2D eigenvalue weighted by molar-refractivity contribution is 5.94.